The number of hydrogen-bond acceptors (Lipinski definition) is 6. The molecule has 0 bridgehead atoms. The van der Waals surface area contributed by atoms with Crippen LogP contribution in [0.5, 0.6) is 0 Å². The van der Waals surface area contributed by atoms with Gasteiger partial charge in [0.05, 0.1) is 0 Å². The van der Waals surface area contributed by atoms with E-state index in [2.05, 4.69) is 10.1 Å². The van der Waals surface area contributed by atoms with Gasteiger partial charge in [-0.05, 0) is 12.8 Å². The van der Waals surface area contributed by atoms with Crippen molar-refractivity contribution in [2.45, 2.75) is 51.6 Å². The molecule has 0 unspecified atom stereocenters. The van der Waals surface area contributed by atoms with Crippen LogP contribution >= 0.6 is 0 Å². The van der Waals surface area contributed by atoms with Gasteiger partial charge in [0.15, 0.2) is 5.82 Å². The van der Waals surface area contributed by atoms with Crippen molar-refractivity contribution in [1.29, 1.82) is 0 Å². The maximum Gasteiger partial charge on any atom is 0.500 e. The van der Waals surface area contributed by atoms with Gasteiger partial charge >= 0.3 is 8.80 Å². The Bertz CT molecular complexity index is 402. The van der Waals surface area contributed by atoms with Crippen LogP contribution in [0.15, 0.2) is 0 Å². The maximum atomic E-state index is 5.81. The first-order valence-electron chi connectivity index (χ1n) is 7.45. The molecule has 1 rings (SSSR count). The molecule has 0 aliphatic rings. The third-order valence-corrected chi connectivity index (χ3v) is 6.43. The van der Waals surface area contributed by atoms with Crippen LogP contribution in [-0.4, -0.2) is 44.9 Å². The minimum Gasteiger partial charge on any atom is -0.377 e. The van der Waals surface area contributed by atoms with Crippen LogP contribution in [-0.2, 0) is 26.2 Å². The molecule has 0 amide bonds. The average Bonchev–Trinajstić information content (AvgIpc) is 2.88. The molecule has 0 saturated heterocycles. The van der Waals surface area contributed by atoms with Gasteiger partial charge in [0.1, 0.15) is 0 Å². The zero-order valence-corrected chi connectivity index (χ0v) is 14.6. The minimum absolute atomic E-state index is 0.511. The maximum absolute atomic E-state index is 5.81. The number of hydrogen-bond donors (Lipinski definition) is 1. The zero-order chi connectivity index (χ0) is 15.7. The molecule has 1 heterocycles. The predicted molar refractivity (Wildman–Crippen MR) is 83.9 cm³/mol. The Labute approximate surface area is 128 Å². The van der Waals surface area contributed by atoms with Gasteiger partial charge in [-0.1, -0.05) is 19.8 Å². The molecule has 7 nitrogen and oxygen atoms in total. The molecule has 0 fully saturated rings. The van der Waals surface area contributed by atoms with E-state index in [-0.39, 0.29) is 0 Å². The molecule has 21 heavy (non-hydrogen) atoms. The molecular weight excluding hydrogens is 288 g/mol. The average molecular weight is 316 g/mol. The summed E-state index contributed by atoms with van der Waals surface area (Å²) >= 11 is 0. The van der Waals surface area contributed by atoms with Gasteiger partial charge in [0, 0.05) is 40.3 Å². The first-order valence-corrected chi connectivity index (χ1v) is 9.38. The quantitative estimate of drug-likeness (QED) is 0.495. The third-order valence-electron chi connectivity index (χ3n) is 3.60. The fraction of sp³-hybridized carbons (Fsp3) is 0.846. The second kappa shape index (κ2) is 9.14. The molecular formula is C13H28N4O3Si. The van der Waals surface area contributed by atoms with Crippen LogP contribution in [0.25, 0.3) is 0 Å². The smallest absolute Gasteiger partial charge is 0.377 e. The summed E-state index contributed by atoms with van der Waals surface area (Å²) < 4.78 is 18.0. The van der Waals surface area contributed by atoms with Gasteiger partial charge < -0.3 is 19.0 Å². The number of aryl methyl sites for hydroxylation is 2. The van der Waals surface area contributed by atoms with E-state index in [0.717, 1.165) is 50.5 Å². The Morgan fingerprint density at radius 1 is 1.05 bits per heavy atom. The zero-order valence-electron chi connectivity index (χ0n) is 13.6. The number of unbranched alkanes of at least 4 members (excludes halogenated alkanes) is 3. The third kappa shape index (κ3) is 5.38. The second-order valence-corrected chi connectivity index (χ2v) is 8.01. The standard InChI is InChI=1S/C13H28N4O3Si/c1-5-12-15-13(14)17(16-12)10-8-6-7-9-11-21(18-2,19-3)20-4/h5-11H2,1-4H3,(H2,14,15,16). The highest BCUT2D eigenvalue weighted by atomic mass is 28.4. The van der Waals surface area contributed by atoms with E-state index in [9.17, 15) is 0 Å². The molecule has 122 valence electrons. The van der Waals surface area contributed by atoms with E-state index < -0.39 is 8.80 Å². The monoisotopic (exact) mass is 316 g/mol. The highest BCUT2D eigenvalue weighted by molar-refractivity contribution is 6.60. The van der Waals surface area contributed by atoms with Crippen LogP contribution in [0.1, 0.15) is 38.4 Å². The van der Waals surface area contributed by atoms with Crippen molar-refractivity contribution in [1.82, 2.24) is 14.8 Å². The molecule has 0 aliphatic carbocycles. The summed E-state index contributed by atoms with van der Waals surface area (Å²) in [7, 11) is 2.55. The highest BCUT2D eigenvalue weighted by Gasteiger charge is 2.36. The van der Waals surface area contributed by atoms with Crippen molar-refractivity contribution in [3.63, 3.8) is 0 Å². The SMILES string of the molecule is CCc1nc(N)n(CCCCCC[Si](OC)(OC)OC)n1. The summed E-state index contributed by atoms with van der Waals surface area (Å²) in [4.78, 5) is 4.20. The lowest BCUT2D eigenvalue weighted by atomic mass is 10.2. The van der Waals surface area contributed by atoms with Gasteiger partial charge in [0.25, 0.3) is 0 Å². The van der Waals surface area contributed by atoms with Crippen molar-refractivity contribution in [3.05, 3.63) is 5.82 Å². The van der Waals surface area contributed by atoms with Crippen molar-refractivity contribution in [3.8, 4) is 0 Å². The fourth-order valence-corrected chi connectivity index (χ4v) is 4.03. The summed E-state index contributed by atoms with van der Waals surface area (Å²) in [6, 6.07) is 0.849. The first kappa shape index (κ1) is 18.1. The predicted octanol–water partition coefficient (Wildman–Crippen LogP) is 1.86. The summed E-state index contributed by atoms with van der Waals surface area (Å²) in [5.74, 6) is 1.32. The van der Waals surface area contributed by atoms with Crippen molar-refractivity contribution in [2.24, 2.45) is 0 Å². The summed E-state index contributed by atoms with van der Waals surface area (Å²) in [5, 5.41) is 4.35. The number of anilines is 1. The number of nitrogen functional groups attached to an aromatic ring is 1. The summed E-state index contributed by atoms with van der Waals surface area (Å²) in [6.07, 6.45) is 5.12. The van der Waals surface area contributed by atoms with Gasteiger partial charge in [-0.15, -0.1) is 0 Å². The minimum atomic E-state index is -2.40. The van der Waals surface area contributed by atoms with Crippen molar-refractivity contribution in [2.75, 3.05) is 27.1 Å². The molecule has 0 saturated carbocycles. The summed E-state index contributed by atoms with van der Waals surface area (Å²) in [6.45, 7) is 2.84. The van der Waals surface area contributed by atoms with Gasteiger partial charge in [-0.2, -0.15) is 10.1 Å². The van der Waals surface area contributed by atoms with Crippen LogP contribution in [0.4, 0.5) is 5.95 Å². The van der Waals surface area contributed by atoms with E-state index in [4.69, 9.17) is 19.0 Å². The number of nitrogens with two attached hydrogens (primary N) is 1. The summed E-state index contributed by atoms with van der Waals surface area (Å²) in [5.41, 5.74) is 5.81. The van der Waals surface area contributed by atoms with Gasteiger partial charge in [-0.3, -0.25) is 0 Å². The Balaban J connectivity index is 2.21. The Morgan fingerprint density at radius 2 is 1.67 bits per heavy atom. The number of nitrogens with zero attached hydrogens (tertiary/aromatic N) is 3. The first-order chi connectivity index (χ1) is 10.1. The molecule has 0 atom stereocenters. The van der Waals surface area contributed by atoms with E-state index in [1.165, 1.54) is 0 Å². The normalized spacial score (nSPS) is 12.0. The molecule has 1 aromatic heterocycles. The Kier molecular flexibility index (Phi) is 7.87. The molecule has 0 aliphatic heterocycles. The lowest BCUT2D eigenvalue weighted by Crippen LogP contribution is -2.42. The number of aromatic nitrogens is 3. The van der Waals surface area contributed by atoms with Crippen molar-refractivity contribution >= 4 is 14.8 Å². The van der Waals surface area contributed by atoms with Crippen LogP contribution in [0, 0.1) is 0 Å². The second-order valence-electron chi connectivity index (χ2n) is 4.92. The Hall–Kier alpha value is -0.963. The lowest BCUT2D eigenvalue weighted by Gasteiger charge is -2.24. The van der Waals surface area contributed by atoms with E-state index in [1.807, 2.05) is 6.92 Å². The number of rotatable bonds is 11. The van der Waals surface area contributed by atoms with Crippen LogP contribution < -0.4 is 5.73 Å². The Morgan fingerprint density at radius 3 is 2.19 bits per heavy atom. The molecule has 2 N–H and O–H groups in total. The van der Waals surface area contributed by atoms with E-state index in [1.54, 1.807) is 26.0 Å². The lowest BCUT2D eigenvalue weighted by molar-refractivity contribution is 0.122. The molecule has 1 aromatic rings. The van der Waals surface area contributed by atoms with Crippen LogP contribution in [0.3, 0.4) is 0 Å². The van der Waals surface area contributed by atoms with E-state index in [0.29, 0.717) is 5.95 Å². The highest BCUT2D eigenvalue weighted by Crippen LogP contribution is 2.17. The topological polar surface area (TPSA) is 84.4 Å². The van der Waals surface area contributed by atoms with E-state index >= 15 is 0 Å². The largest absolute Gasteiger partial charge is 0.500 e. The molecule has 0 aromatic carbocycles. The molecule has 8 heteroatoms. The van der Waals surface area contributed by atoms with Crippen LogP contribution in [0.2, 0.25) is 6.04 Å². The fourth-order valence-electron chi connectivity index (χ4n) is 2.23. The molecule has 0 spiro atoms. The van der Waals surface area contributed by atoms with Gasteiger partial charge in [0.2, 0.25) is 5.95 Å². The molecule has 0 radical (unpaired) electrons. The van der Waals surface area contributed by atoms with Crippen molar-refractivity contribution < 1.29 is 13.3 Å². The van der Waals surface area contributed by atoms with Gasteiger partial charge in [-0.25, -0.2) is 4.68 Å².